The summed E-state index contributed by atoms with van der Waals surface area (Å²) in [5.74, 6) is 1.77. The van der Waals surface area contributed by atoms with Gasteiger partial charge in [0.1, 0.15) is 23.4 Å². The number of nitrogens with zero attached hydrogens (tertiary/aromatic N) is 3. The first kappa shape index (κ1) is 24.8. The van der Waals surface area contributed by atoms with Crippen molar-refractivity contribution in [2.24, 2.45) is 15.9 Å². The fourth-order valence-electron chi connectivity index (χ4n) is 4.05. The summed E-state index contributed by atoms with van der Waals surface area (Å²) in [5, 5.41) is 2.94. The van der Waals surface area contributed by atoms with E-state index >= 15 is 0 Å². The van der Waals surface area contributed by atoms with Crippen molar-refractivity contribution in [3.8, 4) is 11.5 Å². The van der Waals surface area contributed by atoms with Crippen LogP contribution in [0, 0.1) is 5.92 Å². The van der Waals surface area contributed by atoms with E-state index in [-0.39, 0.29) is 11.8 Å². The highest BCUT2D eigenvalue weighted by Crippen LogP contribution is 2.37. The molecule has 0 saturated heterocycles. The average Bonchev–Trinajstić information content (AvgIpc) is 3.18. The van der Waals surface area contributed by atoms with Crippen LogP contribution in [0.1, 0.15) is 39.2 Å². The maximum atomic E-state index is 13.4. The maximum absolute atomic E-state index is 13.4. The molecule has 2 heterocycles. The normalized spacial score (nSPS) is 17.4. The molecule has 8 nitrogen and oxygen atoms in total. The molecular formula is C26H30N4O4S. The van der Waals surface area contributed by atoms with Crippen LogP contribution < -0.4 is 14.8 Å². The summed E-state index contributed by atoms with van der Waals surface area (Å²) in [6.45, 7) is 6.09. The average molecular weight is 495 g/mol. The highest BCUT2D eigenvalue weighted by atomic mass is 32.2. The summed E-state index contributed by atoms with van der Waals surface area (Å²) in [6, 6.07) is 12.4. The van der Waals surface area contributed by atoms with Gasteiger partial charge in [-0.15, -0.1) is 0 Å². The molecule has 0 bridgehead atoms. The van der Waals surface area contributed by atoms with E-state index < -0.39 is 11.3 Å². The summed E-state index contributed by atoms with van der Waals surface area (Å²) in [6.07, 6.45) is 1.20. The maximum Gasteiger partial charge on any atom is 0.259 e. The molecular weight excluding hydrogens is 464 g/mol. The highest BCUT2D eigenvalue weighted by Gasteiger charge is 2.42. The molecule has 0 unspecified atom stereocenters. The number of amidine groups is 2. The van der Waals surface area contributed by atoms with Crippen molar-refractivity contribution in [2.75, 3.05) is 19.5 Å². The summed E-state index contributed by atoms with van der Waals surface area (Å²) in [4.78, 5) is 37.8. The molecule has 4 rings (SSSR count). The predicted octanol–water partition coefficient (Wildman–Crippen LogP) is 4.86. The number of anilines is 1. The Hall–Kier alpha value is -3.33. The standard InChI is InChI=1S/C26H30N4O4S/c1-6-22(24(31)28-19-12-11-16(33-4)14-21(19)34-5)35-26-29-18-10-8-7-9-17(18)23-27-20(13-15(2)3)25(32)30(23)26/h7-12,14-15,20,22H,6,13H2,1-5H3,(H,28,31)/t20-,22+/m0/s1. The number of hydrogen-bond donors (Lipinski definition) is 1. The minimum absolute atomic E-state index is 0.0958. The second kappa shape index (κ2) is 10.5. The second-order valence-corrected chi connectivity index (χ2v) is 9.92. The van der Waals surface area contributed by atoms with Gasteiger partial charge in [0.15, 0.2) is 5.17 Å². The molecule has 2 aromatic carbocycles. The van der Waals surface area contributed by atoms with Crippen molar-refractivity contribution in [1.82, 2.24) is 4.90 Å². The van der Waals surface area contributed by atoms with E-state index in [1.54, 1.807) is 30.2 Å². The molecule has 2 atom stereocenters. The molecule has 0 saturated carbocycles. The molecule has 0 fully saturated rings. The first-order chi connectivity index (χ1) is 16.9. The zero-order valence-corrected chi connectivity index (χ0v) is 21.4. The number of carbonyl (C=O) groups is 2. The van der Waals surface area contributed by atoms with Gasteiger partial charge in [0.05, 0.1) is 30.8 Å². The molecule has 0 radical (unpaired) electrons. The summed E-state index contributed by atoms with van der Waals surface area (Å²) >= 11 is 1.28. The van der Waals surface area contributed by atoms with Crippen molar-refractivity contribution in [1.29, 1.82) is 0 Å². The van der Waals surface area contributed by atoms with E-state index in [9.17, 15) is 9.59 Å². The first-order valence-electron chi connectivity index (χ1n) is 11.7. The Morgan fingerprint density at radius 2 is 1.94 bits per heavy atom. The minimum Gasteiger partial charge on any atom is -0.497 e. The molecule has 0 aliphatic carbocycles. The molecule has 2 aliphatic rings. The second-order valence-electron chi connectivity index (χ2n) is 8.75. The van der Waals surface area contributed by atoms with Gasteiger partial charge in [-0.2, -0.15) is 0 Å². The third-order valence-electron chi connectivity index (χ3n) is 5.82. The minimum atomic E-state index is -0.482. The zero-order valence-electron chi connectivity index (χ0n) is 20.6. The van der Waals surface area contributed by atoms with Crippen molar-refractivity contribution in [3.63, 3.8) is 0 Å². The van der Waals surface area contributed by atoms with Crippen molar-refractivity contribution < 1.29 is 19.1 Å². The van der Waals surface area contributed by atoms with Crippen LogP contribution in [0.4, 0.5) is 11.4 Å². The van der Waals surface area contributed by atoms with Crippen LogP contribution in [0.2, 0.25) is 0 Å². The lowest BCUT2D eigenvalue weighted by molar-refractivity contribution is -0.125. The lowest BCUT2D eigenvalue weighted by atomic mass is 10.0. The molecule has 0 spiro atoms. The van der Waals surface area contributed by atoms with E-state index in [1.807, 2.05) is 31.2 Å². The van der Waals surface area contributed by atoms with Gasteiger partial charge in [-0.25, -0.2) is 9.89 Å². The van der Waals surface area contributed by atoms with Crippen LogP contribution in [0.15, 0.2) is 52.4 Å². The van der Waals surface area contributed by atoms with Crippen LogP contribution in [0.5, 0.6) is 11.5 Å². The Kier molecular flexibility index (Phi) is 7.45. The first-order valence-corrected chi connectivity index (χ1v) is 12.5. The lowest BCUT2D eigenvalue weighted by Crippen LogP contribution is -2.42. The van der Waals surface area contributed by atoms with Crippen LogP contribution in [0.25, 0.3) is 0 Å². The van der Waals surface area contributed by atoms with Gasteiger partial charge in [-0.05, 0) is 43.0 Å². The summed E-state index contributed by atoms with van der Waals surface area (Å²) < 4.78 is 10.6. The number of hydrogen-bond acceptors (Lipinski definition) is 7. The lowest BCUT2D eigenvalue weighted by Gasteiger charge is -2.27. The molecule has 1 N–H and O–H groups in total. The van der Waals surface area contributed by atoms with E-state index in [0.717, 1.165) is 11.3 Å². The zero-order chi connectivity index (χ0) is 25.1. The number of carbonyl (C=O) groups excluding carboxylic acids is 2. The molecule has 35 heavy (non-hydrogen) atoms. The highest BCUT2D eigenvalue weighted by molar-refractivity contribution is 8.15. The van der Waals surface area contributed by atoms with E-state index in [4.69, 9.17) is 19.5 Å². The van der Waals surface area contributed by atoms with Gasteiger partial charge in [0, 0.05) is 11.6 Å². The topological polar surface area (TPSA) is 92.6 Å². The third-order valence-corrected chi connectivity index (χ3v) is 7.14. The Morgan fingerprint density at radius 1 is 1.17 bits per heavy atom. The van der Waals surface area contributed by atoms with Crippen LogP contribution in [-0.4, -0.2) is 53.2 Å². The van der Waals surface area contributed by atoms with Gasteiger partial charge in [-0.1, -0.05) is 44.7 Å². The molecule has 184 valence electrons. The number of amides is 2. The predicted molar refractivity (Wildman–Crippen MR) is 140 cm³/mol. The van der Waals surface area contributed by atoms with E-state index in [0.29, 0.717) is 46.9 Å². The van der Waals surface area contributed by atoms with Crippen LogP contribution >= 0.6 is 11.8 Å². The Labute approximate surface area is 209 Å². The smallest absolute Gasteiger partial charge is 0.259 e. The van der Waals surface area contributed by atoms with Crippen molar-refractivity contribution in [3.05, 3.63) is 48.0 Å². The summed E-state index contributed by atoms with van der Waals surface area (Å²) in [7, 11) is 3.11. The Morgan fingerprint density at radius 3 is 2.63 bits per heavy atom. The number of thioether (sulfide) groups is 1. The molecule has 2 amide bonds. The fourth-order valence-corrected chi connectivity index (χ4v) is 5.07. The number of rotatable bonds is 8. The van der Waals surface area contributed by atoms with Gasteiger partial charge in [-0.3, -0.25) is 14.6 Å². The number of aliphatic imine (C=N–C) groups is 2. The van der Waals surface area contributed by atoms with E-state index in [2.05, 4.69) is 19.2 Å². The fraction of sp³-hybridized carbons (Fsp3) is 0.385. The van der Waals surface area contributed by atoms with Crippen LogP contribution in [-0.2, 0) is 9.59 Å². The Bertz CT molecular complexity index is 1190. The summed E-state index contributed by atoms with van der Waals surface area (Å²) in [5.41, 5.74) is 2.12. The van der Waals surface area contributed by atoms with Gasteiger partial charge < -0.3 is 14.8 Å². The SMILES string of the molecule is CC[C@@H](SC1=Nc2ccccc2C2=N[C@@H](CC(C)C)C(=O)N12)C(=O)Nc1ccc(OC)cc1OC. The van der Waals surface area contributed by atoms with Gasteiger partial charge in [0.25, 0.3) is 5.91 Å². The largest absolute Gasteiger partial charge is 0.497 e. The number of methoxy groups -OCH3 is 2. The van der Waals surface area contributed by atoms with E-state index in [1.165, 1.54) is 18.9 Å². The number of para-hydroxylation sites is 1. The quantitative estimate of drug-likeness (QED) is 0.566. The van der Waals surface area contributed by atoms with Gasteiger partial charge >= 0.3 is 0 Å². The van der Waals surface area contributed by atoms with Crippen molar-refractivity contribution in [2.45, 2.75) is 44.9 Å². The Balaban J connectivity index is 1.60. The van der Waals surface area contributed by atoms with Crippen LogP contribution in [0.3, 0.4) is 0 Å². The van der Waals surface area contributed by atoms with Gasteiger partial charge in [0.2, 0.25) is 5.91 Å². The number of nitrogens with one attached hydrogen (secondary N) is 1. The third kappa shape index (κ3) is 5.05. The monoisotopic (exact) mass is 494 g/mol. The van der Waals surface area contributed by atoms with Crippen molar-refractivity contribution >= 4 is 46.0 Å². The molecule has 0 aromatic heterocycles. The molecule has 2 aliphatic heterocycles. The number of fused-ring (bicyclic) bond motifs is 3. The molecule has 9 heteroatoms. The number of ether oxygens (including phenoxy) is 2. The molecule has 2 aromatic rings. The number of benzene rings is 2.